The van der Waals surface area contributed by atoms with Gasteiger partial charge < -0.3 is 14.5 Å². The van der Waals surface area contributed by atoms with E-state index in [1.165, 1.54) is 12.0 Å². The molecule has 9 heteroatoms. The van der Waals surface area contributed by atoms with Crippen molar-refractivity contribution < 1.29 is 23.9 Å². The standard InChI is InChI=1S/C29H36N4O5/c1-18(34)31-12-4-5-19(14-31)21-15-32(16-21)24-6-2-3-7-26(24)38-22-8-9-23-20(13-22)17-33(29(23)37)25-10-11-27(35)30-28(25)36/h5,8-9,13,21,24-26H,2-4,6-7,10-12,14-17H2,1H3,(H,30,35,36)/t24-,25?,26-/m1/s1. The Labute approximate surface area is 223 Å². The number of hydrogen-bond acceptors (Lipinski definition) is 6. The van der Waals surface area contributed by atoms with Gasteiger partial charge >= 0.3 is 0 Å². The highest BCUT2D eigenvalue weighted by Gasteiger charge is 2.42. The van der Waals surface area contributed by atoms with E-state index in [0.29, 0.717) is 30.5 Å². The summed E-state index contributed by atoms with van der Waals surface area (Å²) in [4.78, 5) is 54.8. The van der Waals surface area contributed by atoms with E-state index < -0.39 is 11.9 Å². The molecular formula is C29H36N4O5. The van der Waals surface area contributed by atoms with Crippen molar-refractivity contribution in [3.05, 3.63) is 41.0 Å². The number of piperidine rings is 1. The van der Waals surface area contributed by atoms with E-state index in [4.69, 9.17) is 4.74 Å². The quantitative estimate of drug-likeness (QED) is 0.472. The number of benzene rings is 1. The number of hydrogen-bond donors (Lipinski definition) is 1. The normalized spacial score (nSPS) is 28.5. The highest BCUT2D eigenvalue weighted by atomic mass is 16.5. The number of carbonyl (C=O) groups excluding carboxylic acids is 4. The van der Waals surface area contributed by atoms with E-state index in [9.17, 15) is 19.2 Å². The molecule has 0 bridgehead atoms. The topological polar surface area (TPSA) is 99.3 Å². The Bertz CT molecular complexity index is 1190. The molecule has 6 rings (SSSR count). The summed E-state index contributed by atoms with van der Waals surface area (Å²) in [6, 6.07) is 5.39. The summed E-state index contributed by atoms with van der Waals surface area (Å²) in [6.45, 7) is 5.63. The number of fused-ring (bicyclic) bond motifs is 1. The summed E-state index contributed by atoms with van der Waals surface area (Å²) in [5, 5.41) is 2.35. The molecule has 202 valence electrons. The van der Waals surface area contributed by atoms with Gasteiger partial charge in [-0.2, -0.15) is 0 Å². The molecule has 1 aromatic carbocycles. The second-order valence-corrected chi connectivity index (χ2v) is 11.4. The Hall–Kier alpha value is -3.20. The van der Waals surface area contributed by atoms with Crippen molar-refractivity contribution in [2.75, 3.05) is 26.2 Å². The van der Waals surface area contributed by atoms with Crippen LogP contribution >= 0.6 is 0 Å². The summed E-state index contributed by atoms with van der Waals surface area (Å²) >= 11 is 0. The van der Waals surface area contributed by atoms with Crippen molar-refractivity contribution >= 4 is 23.6 Å². The van der Waals surface area contributed by atoms with E-state index >= 15 is 0 Å². The fourth-order valence-corrected chi connectivity index (χ4v) is 6.78. The summed E-state index contributed by atoms with van der Waals surface area (Å²) in [7, 11) is 0. The lowest BCUT2D eigenvalue weighted by molar-refractivity contribution is -0.137. The summed E-state index contributed by atoms with van der Waals surface area (Å²) in [5.41, 5.74) is 2.88. The number of imide groups is 1. The zero-order valence-electron chi connectivity index (χ0n) is 22.0. The van der Waals surface area contributed by atoms with E-state index in [2.05, 4.69) is 16.3 Å². The highest BCUT2D eigenvalue weighted by molar-refractivity contribution is 6.05. The van der Waals surface area contributed by atoms with Crippen molar-refractivity contribution in [2.24, 2.45) is 5.92 Å². The van der Waals surface area contributed by atoms with Crippen LogP contribution in [-0.2, 0) is 20.9 Å². The molecule has 2 saturated heterocycles. The largest absolute Gasteiger partial charge is 0.489 e. The SMILES string of the molecule is CC(=O)N1CCC=C(C2CN([C@@H]3CCCC[C@H]3Oc3ccc4c(c3)CN(C3CCC(=O)NC3=O)C4=O)C2)C1. The van der Waals surface area contributed by atoms with Crippen LogP contribution in [0.25, 0.3) is 0 Å². The Kier molecular flexibility index (Phi) is 6.72. The number of carbonyl (C=O) groups is 4. The molecule has 0 spiro atoms. The molecule has 9 nitrogen and oxygen atoms in total. The number of nitrogens with zero attached hydrogens (tertiary/aromatic N) is 3. The minimum Gasteiger partial charge on any atom is -0.489 e. The lowest BCUT2D eigenvalue weighted by Crippen LogP contribution is -2.59. The van der Waals surface area contributed by atoms with Crippen LogP contribution < -0.4 is 10.1 Å². The lowest BCUT2D eigenvalue weighted by atomic mass is 9.83. The van der Waals surface area contributed by atoms with E-state index in [0.717, 1.165) is 63.2 Å². The molecule has 3 fully saturated rings. The van der Waals surface area contributed by atoms with Crippen molar-refractivity contribution in [1.29, 1.82) is 0 Å². The predicted molar refractivity (Wildman–Crippen MR) is 139 cm³/mol. The van der Waals surface area contributed by atoms with Crippen LogP contribution in [0.5, 0.6) is 5.75 Å². The number of likely N-dealkylation sites (tertiary alicyclic amines) is 1. The van der Waals surface area contributed by atoms with Crippen LogP contribution in [-0.4, -0.2) is 82.7 Å². The molecule has 1 N–H and O–H groups in total. The average molecular weight is 521 g/mol. The molecule has 1 aliphatic carbocycles. The molecule has 4 heterocycles. The van der Waals surface area contributed by atoms with Crippen LogP contribution in [0.2, 0.25) is 0 Å². The third kappa shape index (κ3) is 4.72. The maximum atomic E-state index is 13.0. The summed E-state index contributed by atoms with van der Waals surface area (Å²) in [6.07, 6.45) is 8.45. The second-order valence-electron chi connectivity index (χ2n) is 11.4. The van der Waals surface area contributed by atoms with E-state index in [1.807, 2.05) is 23.1 Å². The summed E-state index contributed by atoms with van der Waals surface area (Å²) < 4.78 is 6.57. The first-order valence-corrected chi connectivity index (χ1v) is 14.0. The molecule has 1 saturated carbocycles. The van der Waals surface area contributed by atoms with Gasteiger partial charge in [0.1, 0.15) is 17.9 Å². The van der Waals surface area contributed by atoms with Gasteiger partial charge in [-0.1, -0.05) is 12.5 Å². The van der Waals surface area contributed by atoms with Crippen molar-refractivity contribution in [1.82, 2.24) is 20.0 Å². The smallest absolute Gasteiger partial charge is 0.255 e. The Morgan fingerprint density at radius 1 is 1.05 bits per heavy atom. The Morgan fingerprint density at radius 2 is 1.87 bits per heavy atom. The van der Waals surface area contributed by atoms with Gasteiger partial charge in [-0.3, -0.25) is 29.4 Å². The van der Waals surface area contributed by atoms with E-state index in [-0.39, 0.29) is 30.2 Å². The summed E-state index contributed by atoms with van der Waals surface area (Å²) in [5.74, 6) is 0.601. The lowest BCUT2D eigenvalue weighted by Gasteiger charge is -2.50. The molecule has 38 heavy (non-hydrogen) atoms. The first-order chi connectivity index (χ1) is 18.4. The van der Waals surface area contributed by atoms with Gasteiger partial charge in [-0.25, -0.2) is 0 Å². The maximum Gasteiger partial charge on any atom is 0.255 e. The average Bonchev–Trinajstić information content (AvgIpc) is 3.19. The first-order valence-electron chi connectivity index (χ1n) is 14.0. The van der Waals surface area contributed by atoms with Crippen LogP contribution in [0.4, 0.5) is 0 Å². The van der Waals surface area contributed by atoms with Crippen LogP contribution in [0.15, 0.2) is 29.8 Å². The van der Waals surface area contributed by atoms with Crippen molar-refractivity contribution in [3.63, 3.8) is 0 Å². The minimum atomic E-state index is -0.610. The fourth-order valence-electron chi connectivity index (χ4n) is 6.78. The van der Waals surface area contributed by atoms with Gasteiger partial charge in [0, 0.05) is 63.6 Å². The van der Waals surface area contributed by atoms with Gasteiger partial charge in [0.2, 0.25) is 17.7 Å². The predicted octanol–water partition coefficient (Wildman–Crippen LogP) is 2.25. The van der Waals surface area contributed by atoms with Gasteiger partial charge in [-0.15, -0.1) is 0 Å². The van der Waals surface area contributed by atoms with E-state index in [1.54, 1.807) is 11.8 Å². The van der Waals surface area contributed by atoms with Crippen LogP contribution in [0.1, 0.15) is 67.8 Å². The molecule has 5 aliphatic rings. The zero-order chi connectivity index (χ0) is 26.4. The molecule has 1 aromatic rings. The monoisotopic (exact) mass is 520 g/mol. The molecule has 4 aliphatic heterocycles. The molecular weight excluding hydrogens is 484 g/mol. The third-order valence-electron chi connectivity index (χ3n) is 8.98. The first kappa shape index (κ1) is 25.1. The zero-order valence-corrected chi connectivity index (χ0v) is 22.0. The van der Waals surface area contributed by atoms with Gasteiger partial charge in [0.25, 0.3) is 5.91 Å². The molecule has 0 aromatic heterocycles. The Morgan fingerprint density at radius 3 is 2.66 bits per heavy atom. The van der Waals surface area contributed by atoms with Gasteiger partial charge in [0.15, 0.2) is 0 Å². The van der Waals surface area contributed by atoms with Crippen molar-refractivity contribution in [3.8, 4) is 5.75 Å². The van der Waals surface area contributed by atoms with Gasteiger partial charge in [0.05, 0.1) is 0 Å². The second kappa shape index (κ2) is 10.2. The number of rotatable bonds is 5. The molecule has 0 radical (unpaired) electrons. The van der Waals surface area contributed by atoms with Crippen molar-refractivity contribution in [2.45, 2.75) is 76.6 Å². The Balaban J connectivity index is 1.09. The molecule has 3 atom stereocenters. The fraction of sp³-hybridized carbons (Fsp3) is 0.586. The third-order valence-corrected chi connectivity index (χ3v) is 8.98. The number of ether oxygens (including phenoxy) is 1. The number of amides is 4. The molecule has 1 unspecified atom stereocenters. The number of nitrogens with one attached hydrogen (secondary N) is 1. The maximum absolute atomic E-state index is 13.0. The van der Waals surface area contributed by atoms with Gasteiger partial charge in [-0.05, 0) is 61.4 Å². The van der Waals surface area contributed by atoms with Crippen LogP contribution in [0, 0.1) is 5.92 Å². The molecule has 4 amide bonds. The highest BCUT2D eigenvalue weighted by Crippen LogP contribution is 2.36. The van der Waals surface area contributed by atoms with Crippen LogP contribution in [0.3, 0.4) is 0 Å². The minimum absolute atomic E-state index is 0.0974.